The molecular weight excluding hydrogens is 168 g/mol. The molecule has 0 aliphatic heterocycles. The molecule has 68 valence electrons. The summed E-state index contributed by atoms with van der Waals surface area (Å²) in [5.74, 6) is 0.475. The molecule has 0 radical (unpaired) electrons. The third kappa shape index (κ3) is 1.40. The maximum Gasteiger partial charge on any atom is 0.168 e. The lowest BCUT2D eigenvalue weighted by Gasteiger charge is -1.98. The quantitative estimate of drug-likeness (QED) is 0.738. The molecule has 0 unspecified atom stereocenters. The van der Waals surface area contributed by atoms with E-state index in [1.54, 1.807) is 17.2 Å². The molecule has 0 atom stereocenters. The predicted molar refractivity (Wildman–Crippen MR) is 47.0 cm³/mol. The Bertz CT molecular complexity index is 390. The lowest BCUT2D eigenvalue weighted by atomic mass is 10.3. The zero-order valence-corrected chi connectivity index (χ0v) is 7.27. The molecule has 2 rings (SSSR count). The Morgan fingerprint density at radius 3 is 3.00 bits per heavy atom. The minimum atomic E-state index is 0.475. The van der Waals surface area contributed by atoms with Gasteiger partial charge in [-0.1, -0.05) is 5.21 Å². The van der Waals surface area contributed by atoms with Gasteiger partial charge in [0.15, 0.2) is 5.82 Å². The minimum Gasteiger partial charge on any atom is -0.472 e. The van der Waals surface area contributed by atoms with Gasteiger partial charge in [-0.2, -0.15) is 0 Å². The van der Waals surface area contributed by atoms with Gasteiger partial charge in [0.2, 0.25) is 0 Å². The van der Waals surface area contributed by atoms with Crippen LogP contribution >= 0.6 is 0 Å². The summed E-state index contributed by atoms with van der Waals surface area (Å²) in [5, 5.41) is 7.65. The van der Waals surface area contributed by atoms with Crippen LogP contribution in [0, 0.1) is 6.92 Å². The van der Waals surface area contributed by atoms with Crippen molar-refractivity contribution >= 4 is 5.82 Å². The average Bonchev–Trinajstić information content (AvgIpc) is 2.71. The fraction of sp³-hybridized carbons (Fsp3) is 0.250. The standard InChI is InChI=1S/C8H10N4O/c1-6-8(9)10-11-12(6)4-7-2-3-13-5-7/h2-3,5H,4,9H2,1H3. The van der Waals surface area contributed by atoms with Crippen LogP contribution in [0.3, 0.4) is 0 Å². The monoisotopic (exact) mass is 178 g/mol. The van der Waals surface area contributed by atoms with Crippen molar-refractivity contribution in [3.05, 3.63) is 29.9 Å². The average molecular weight is 178 g/mol. The highest BCUT2D eigenvalue weighted by atomic mass is 16.3. The van der Waals surface area contributed by atoms with E-state index in [1.807, 2.05) is 13.0 Å². The maximum absolute atomic E-state index is 5.55. The van der Waals surface area contributed by atoms with Crippen molar-refractivity contribution in [1.29, 1.82) is 0 Å². The Morgan fingerprint density at radius 1 is 1.62 bits per heavy atom. The van der Waals surface area contributed by atoms with Crippen LogP contribution in [0.15, 0.2) is 23.0 Å². The van der Waals surface area contributed by atoms with Gasteiger partial charge in [-0.05, 0) is 13.0 Å². The van der Waals surface area contributed by atoms with Gasteiger partial charge in [0.1, 0.15) is 0 Å². The SMILES string of the molecule is Cc1c(N)nnn1Cc1ccoc1. The first-order valence-electron chi connectivity index (χ1n) is 3.94. The third-order valence-corrected chi connectivity index (χ3v) is 1.93. The molecule has 0 saturated heterocycles. The van der Waals surface area contributed by atoms with Crippen molar-refractivity contribution < 1.29 is 4.42 Å². The Morgan fingerprint density at radius 2 is 2.46 bits per heavy atom. The molecular formula is C8H10N4O. The van der Waals surface area contributed by atoms with Gasteiger partial charge in [0.25, 0.3) is 0 Å². The molecule has 2 N–H and O–H groups in total. The van der Waals surface area contributed by atoms with E-state index in [-0.39, 0.29) is 0 Å². The van der Waals surface area contributed by atoms with Gasteiger partial charge < -0.3 is 10.2 Å². The molecule has 2 heterocycles. The van der Waals surface area contributed by atoms with Crippen LogP contribution in [0.25, 0.3) is 0 Å². The number of rotatable bonds is 2. The van der Waals surface area contributed by atoms with Crippen molar-refractivity contribution in [2.75, 3.05) is 5.73 Å². The number of hydrogen-bond donors (Lipinski definition) is 1. The number of anilines is 1. The Labute approximate surface area is 75.1 Å². The van der Waals surface area contributed by atoms with Gasteiger partial charge in [-0.25, -0.2) is 4.68 Å². The third-order valence-electron chi connectivity index (χ3n) is 1.93. The first-order valence-corrected chi connectivity index (χ1v) is 3.94. The number of aromatic nitrogens is 3. The molecule has 0 amide bonds. The van der Waals surface area contributed by atoms with Crippen molar-refractivity contribution in [1.82, 2.24) is 15.0 Å². The van der Waals surface area contributed by atoms with Crippen molar-refractivity contribution in [2.24, 2.45) is 0 Å². The second kappa shape index (κ2) is 2.93. The molecule has 0 aromatic carbocycles. The largest absolute Gasteiger partial charge is 0.472 e. The molecule has 13 heavy (non-hydrogen) atoms. The summed E-state index contributed by atoms with van der Waals surface area (Å²) >= 11 is 0. The number of furan rings is 1. The summed E-state index contributed by atoms with van der Waals surface area (Å²) in [5.41, 5.74) is 7.48. The number of nitrogens with zero attached hydrogens (tertiary/aromatic N) is 3. The fourth-order valence-electron chi connectivity index (χ4n) is 1.08. The molecule has 0 spiro atoms. The Hall–Kier alpha value is -1.78. The first kappa shape index (κ1) is 7.85. The van der Waals surface area contributed by atoms with Crippen LogP contribution < -0.4 is 5.73 Å². The first-order chi connectivity index (χ1) is 6.27. The molecule has 0 aliphatic carbocycles. The molecule has 0 saturated carbocycles. The summed E-state index contributed by atoms with van der Waals surface area (Å²) in [6.45, 7) is 2.53. The number of nitrogen functional groups attached to an aromatic ring is 1. The van der Waals surface area contributed by atoms with Gasteiger partial charge in [-0.3, -0.25) is 0 Å². The number of hydrogen-bond acceptors (Lipinski definition) is 4. The van der Waals surface area contributed by atoms with Crippen LogP contribution in [-0.4, -0.2) is 15.0 Å². The summed E-state index contributed by atoms with van der Waals surface area (Å²) < 4.78 is 6.68. The predicted octanol–water partition coefficient (Wildman–Crippen LogP) is 0.810. The molecule has 0 aliphatic rings. The normalized spacial score (nSPS) is 10.5. The van der Waals surface area contributed by atoms with E-state index in [9.17, 15) is 0 Å². The maximum atomic E-state index is 5.55. The summed E-state index contributed by atoms with van der Waals surface area (Å²) in [6, 6.07) is 1.89. The van der Waals surface area contributed by atoms with Crippen molar-refractivity contribution in [3.63, 3.8) is 0 Å². The summed E-state index contributed by atoms with van der Waals surface area (Å²) in [4.78, 5) is 0. The van der Waals surface area contributed by atoms with E-state index in [0.29, 0.717) is 12.4 Å². The van der Waals surface area contributed by atoms with Gasteiger partial charge in [0, 0.05) is 5.56 Å². The molecule has 0 bridgehead atoms. The zero-order chi connectivity index (χ0) is 9.26. The van der Waals surface area contributed by atoms with Crippen LogP contribution in [0.1, 0.15) is 11.3 Å². The topological polar surface area (TPSA) is 69.9 Å². The van der Waals surface area contributed by atoms with Crippen molar-refractivity contribution in [2.45, 2.75) is 13.5 Å². The van der Waals surface area contributed by atoms with E-state index < -0.39 is 0 Å². The fourth-order valence-corrected chi connectivity index (χ4v) is 1.08. The smallest absolute Gasteiger partial charge is 0.168 e. The van der Waals surface area contributed by atoms with Gasteiger partial charge >= 0.3 is 0 Å². The van der Waals surface area contributed by atoms with Gasteiger partial charge in [0.05, 0.1) is 24.8 Å². The molecule has 2 aromatic heterocycles. The lowest BCUT2D eigenvalue weighted by Crippen LogP contribution is -2.03. The zero-order valence-electron chi connectivity index (χ0n) is 7.27. The van der Waals surface area contributed by atoms with Crippen LogP contribution in [0.5, 0.6) is 0 Å². The second-order valence-electron chi connectivity index (χ2n) is 2.85. The summed E-state index contributed by atoms with van der Waals surface area (Å²) in [7, 11) is 0. The van der Waals surface area contributed by atoms with Crippen molar-refractivity contribution in [3.8, 4) is 0 Å². The summed E-state index contributed by atoms with van der Waals surface area (Å²) in [6.07, 6.45) is 3.31. The Kier molecular flexibility index (Phi) is 1.77. The minimum absolute atomic E-state index is 0.475. The van der Waals surface area contributed by atoms with Gasteiger partial charge in [-0.15, -0.1) is 5.10 Å². The van der Waals surface area contributed by atoms with E-state index in [1.165, 1.54) is 0 Å². The number of nitrogens with two attached hydrogens (primary N) is 1. The van der Waals surface area contributed by atoms with E-state index >= 15 is 0 Å². The van der Waals surface area contributed by atoms with E-state index in [0.717, 1.165) is 11.3 Å². The van der Waals surface area contributed by atoms with Crippen LogP contribution in [0.2, 0.25) is 0 Å². The van der Waals surface area contributed by atoms with E-state index in [2.05, 4.69) is 10.3 Å². The highest BCUT2D eigenvalue weighted by Gasteiger charge is 2.05. The van der Waals surface area contributed by atoms with Crippen LogP contribution in [0.4, 0.5) is 5.82 Å². The second-order valence-corrected chi connectivity index (χ2v) is 2.85. The molecule has 5 heteroatoms. The van der Waals surface area contributed by atoms with E-state index in [4.69, 9.17) is 10.2 Å². The molecule has 5 nitrogen and oxygen atoms in total. The Balaban J connectivity index is 2.24. The molecule has 0 fully saturated rings. The molecule has 2 aromatic rings. The highest BCUT2D eigenvalue weighted by Crippen LogP contribution is 2.08. The highest BCUT2D eigenvalue weighted by molar-refractivity contribution is 5.31. The van der Waals surface area contributed by atoms with Crippen LogP contribution in [-0.2, 0) is 6.54 Å². The lowest BCUT2D eigenvalue weighted by molar-refractivity contribution is 0.557.